The van der Waals surface area contributed by atoms with Crippen LogP contribution < -0.4 is 5.32 Å². The summed E-state index contributed by atoms with van der Waals surface area (Å²) in [7, 11) is 0. The first-order valence-corrected chi connectivity index (χ1v) is 7.36. The second-order valence-corrected chi connectivity index (χ2v) is 6.20. The fourth-order valence-corrected chi connectivity index (χ4v) is 2.30. The number of amides is 1. The number of rotatable bonds is 6. The van der Waals surface area contributed by atoms with Crippen molar-refractivity contribution in [1.29, 1.82) is 0 Å². The summed E-state index contributed by atoms with van der Waals surface area (Å²) in [6.07, 6.45) is 0.611. The summed E-state index contributed by atoms with van der Waals surface area (Å²) in [4.78, 5) is 23.0. The lowest BCUT2D eigenvalue weighted by Gasteiger charge is -2.16. The van der Waals surface area contributed by atoms with Gasteiger partial charge in [-0.15, -0.1) is 0 Å². The maximum absolute atomic E-state index is 11.9. The van der Waals surface area contributed by atoms with Gasteiger partial charge in [0.05, 0.1) is 6.42 Å². The van der Waals surface area contributed by atoms with Crippen molar-refractivity contribution < 1.29 is 14.7 Å². The number of nitrogens with one attached hydrogen (secondary N) is 1. The minimum Gasteiger partial charge on any atom is -0.480 e. The minimum absolute atomic E-state index is 0.181. The van der Waals surface area contributed by atoms with E-state index in [2.05, 4.69) is 21.2 Å². The molecule has 1 aromatic carbocycles. The highest BCUT2D eigenvalue weighted by molar-refractivity contribution is 9.10. The van der Waals surface area contributed by atoms with Crippen LogP contribution in [0.1, 0.15) is 31.4 Å². The Hall–Kier alpha value is -1.36. The van der Waals surface area contributed by atoms with Gasteiger partial charge >= 0.3 is 5.97 Å². The molecule has 5 heteroatoms. The zero-order valence-corrected chi connectivity index (χ0v) is 13.5. The molecular weight excluding hydrogens is 322 g/mol. The molecule has 0 radical (unpaired) electrons. The van der Waals surface area contributed by atoms with E-state index < -0.39 is 12.0 Å². The minimum atomic E-state index is -0.989. The molecule has 0 saturated heterocycles. The van der Waals surface area contributed by atoms with Crippen LogP contribution in [0.5, 0.6) is 0 Å². The van der Waals surface area contributed by atoms with Gasteiger partial charge < -0.3 is 10.4 Å². The van der Waals surface area contributed by atoms with E-state index in [1.807, 2.05) is 39.0 Å². The van der Waals surface area contributed by atoms with E-state index in [0.29, 0.717) is 6.42 Å². The smallest absolute Gasteiger partial charge is 0.326 e. The van der Waals surface area contributed by atoms with E-state index in [4.69, 9.17) is 5.11 Å². The molecule has 0 aromatic heterocycles. The summed E-state index contributed by atoms with van der Waals surface area (Å²) in [5.74, 6) is -1.05. The Labute approximate surface area is 127 Å². The molecule has 0 aliphatic carbocycles. The van der Waals surface area contributed by atoms with E-state index in [1.54, 1.807) is 0 Å². The molecule has 0 aliphatic heterocycles. The van der Waals surface area contributed by atoms with Crippen molar-refractivity contribution >= 4 is 27.8 Å². The Balaban J connectivity index is 2.65. The highest BCUT2D eigenvalue weighted by Gasteiger charge is 2.21. The van der Waals surface area contributed by atoms with Gasteiger partial charge in [-0.3, -0.25) is 4.79 Å². The SMILES string of the molecule is Cc1ccc(CC(=O)N[C@@H](CC(C)C)C(=O)O)cc1Br. The predicted octanol–water partition coefficient (Wildman–Crippen LogP) is 2.92. The lowest BCUT2D eigenvalue weighted by atomic mass is 10.0. The summed E-state index contributed by atoms with van der Waals surface area (Å²) in [5, 5.41) is 11.7. The number of carboxylic acids is 1. The van der Waals surface area contributed by atoms with E-state index in [-0.39, 0.29) is 18.2 Å². The maximum atomic E-state index is 11.9. The number of halogens is 1. The quantitative estimate of drug-likeness (QED) is 0.835. The standard InChI is InChI=1S/C15H20BrNO3/c1-9(2)6-13(15(19)20)17-14(18)8-11-5-4-10(3)12(16)7-11/h4-5,7,9,13H,6,8H2,1-3H3,(H,17,18)(H,19,20)/t13-/m0/s1. The summed E-state index contributed by atoms with van der Waals surface area (Å²) in [5.41, 5.74) is 1.95. The molecule has 0 aliphatic rings. The van der Waals surface area contributed by atoms with Crippen molar-refractivity contribution in [2.75, 3.05) is 0 Å². The lowest BCUT2D eigenvalue weighted by molar-refractivity contribution is -0.142. The molecular formula is C15H20BrNO3. The number of aliphatic carboxylic acids is 1. The summed E-state index contributed by atoms with van der Waals surface area (Å²) in [6, 6.07) is 4.86. The Bertz CT molecular complexity index is 500. The fraction of sp³-hybridized carbons (Fsp3) is 0.467. The van der Waals surface area contributed by atoms with Gasteiger partial charge in [0.1, 0.15) is 6.04 Å². The number of hydrogen-bond donors (Lipinski definition) is 2. The van der Waals surface area contributed by atoms with Crippen molar-refractivity contribution in [2.24, 2.45) is 5.92 Å². The highest BCUT2D eigenvalue weighted by atomic mass is 79.9. The molecule has 0 spiro atoms. The Morgan fingerprint density at radius 1 is 1.35 bits per heavy atom. The molecule has 0 saturated carbocycles. The fourth-order valence-electron chi connectivity index (χ4n) is 1.87. The molecule has 0 heterocycles. The van der Waals surface area contributed by atoms with Gasteiger partial charge in [0.25, 0.3) is 0 Å². The van der Waals surface area contributed by atoms with Gasteiger partial charge in [-0.1, -0.05) is 41.9 Å². The van der Waals surface area contributed by atoms with Crippen LogP contribution in [0.3, 0.4) is 0 Å². The number of aryl methyl sites for hydroxylation is 1. The zero-order valence-electron chi connectivity index (χ0n) is 11.9. The average Bonchev–Trinajstić information content (AvgIpc) is 2.32. The van der Waals surface area contributed by atoms with Gasteiger partial charge in [0, 0.05) is 4.47 Å². The van der Waals surface area contributed by atoms with E-state index >= 15 is 0 Å². The van der Waals surface area contributed by atoms with Crippen LogP contribution in [0.4, 0.5) is 0 Å². The maximum Gasteiger partial charge on any atom is 0.326 e. The highest BCUT2D eigenvalue weighted by Crippen LogP contribution is 2.17. The number of carbonyl (C=O) groups is 2. The third-order valence-electron chi connectivity index (χ3n) is 2.94. The zero-order chi connectivity index (χ0) is 15.3. The van der Waals surface area contributed by atoms with Crippen molar-refractivity contribution in [3.8, 4) is 0 Å². The van der Waals surface area contributed by atoms with Crippen LogP contribution in [-0.4, -0.2) is 23.0 Å². The average molecular weight is 342 g/mol. The molecule has 1 atom stereocenters. The Morgan fingerprint density at radius 2 is 2.00 bits per heavy atom. The number of benzene rings is 1. The molecule has 1 aromatic rings. The van der Waals surface area contributed by atoms with Crippen molar-refractivity contribution in [3.63, 3.8) is 0 Å². The van der Waals surface area contributed by atoms with Gasteiger partial charge in [0.2, 0.25) is 5.91 Å². The van der Waals surface area contributed by atoms with Crippen LogP contribution in [0.15, 0.2) is 22.7 Å². The number of hydrogen-bond acceptors (Lipinski definition) is 2. The summed E-state index contributed by atoms with van der Waals surface area (Å²) in [6.45, 7) is 5.83. The molecule has 20 heavy (non-hydrogen) atoms. The normalized spacial score (nSPS) is 12.2. The Kier molecular flexibility index (Phi) is 6.20. The summed E-state index contributed by atoms with van der Waals surface area (Å²) < 4.78 is 0.944. The second-order valence-electron chi connectivity index (χ2n) is 5.35. The van der Waals surface area contributed by atoms with E-state index in [0.717, 1.165) is 15.6 Å². The third kappa shape index (κ3) is 5.33. The number of carbonyl (C=O) groups excluding carboxylic acids is 1. The van der Waals surface area contributed by atoms with Crippen molar-refractivity contribution in [3.05, 3.63) is 33.8 Å². The monoisotopic (exact) mass is 341 g/mol. The lowest BCUT2D eigenvalue weighted by Crippen LogP contribution is -2.42. The third-order valence-corrected chi connectivity index (χ3v) is 3.80. The summed E-state index contributed by atoms with van der Waals surface area (Å²) >= 11 is 3.42. The van der Waals surface area contributed by atoms with Gasteiger partial charge in [-0.2, -0.15) is 0 Å². The van der Waals surface area contributed by atoms with Crippen LogP contribution in [0.2, 0.25) is 0 Å². The van der Waals surface area contributed by atoms with Crippen LogP contribution in [0, 0.1) is 12.8 Å². The van der Waals surface area contributed by atoms with Gasteiger partial charge in [0.15, 0.2) is 0 Å². The molecule has 0 unspecified atom stereocenters. The first kappa shape index (κ1) is 16.7. The predicted molar refractivity (Wildman–Crippen MR) is 81.6 cm³/mol. The number of carboxylic acid groups (broad SMARTS) is 1. The van der Waals surface area contributed by atoms with Crippen molar-refractivity contribution in [2.45, 2.75) is 39.7 Å². The largest absolute Gasteiger partial charge is 0.480 e. The molecule has 110 valence electrons. The molecule has 1 rings (SSSR count). The van der Waals surface area contributed by atoms with Gasteiger partial charge in [-0.25, -0.2) is 4.79 Å². The van der Waals surface area contributed by atoms with Crippen molar-refractivity contribution in [1.82, 2.24) is 5.32 Å². The molecule has 4 nitrogen and oxygen atoms in total. The first-order valence-electron chi connectivity index (χ1n) is 6.56. The first-order chi connectivity index (χ1) is 9.29. The molecule has 0 fully saturated rings. The van der Waals surface area contributed by atoms with Gasteiger partial charge in [-0.05, 0) is 36.5 Å². The molecule has 1 amide bonds. The van der Waals surface area contributed by atoms with Crippen LogP contribution in [-0.2, 0) is 16.0 Å². The van der Waals surface area contributed by atoms with E-state index in [9.17, 15) is 9.59 Å². The van der Waals surface area contributed by atoms with Crippen LogP contribution >= 0.6 is 15.9 Å². The van der Waals surface area contributed by atoms with E-state index in [1.165, 1.54) is 0 Å². The molecule has 0 bridgehead atoms. The van der Waals surface area contributed by atoms with Crippen LogP contribution in [0.25, 0.3) is 0 Å². The topological polar surface area (TPSA) is 66.4 Å². The second kappa shape index (κ2) is 7.43. The Morgan fingerprint density at radius 3 is 2.50 bits per heavy atom. The molecule has 2 N–H and O–H groups in total.